The summed E-state index contributed by atoms with van der Waals surface area (Å²) in [6.45, 7) is 0.921. The number of nitrogens with one attached hydrogen (secondary N) is 1. The van der Waals surface area contributed by atoms with Gasteiger partial charge >= 0.3 is 0 Å². The van der Waals surface area contributed by atoms with Crippen molar-refractivity contribution in [1.82, 2.24) is 19.4 Å². The fraction of sp³-hybridized carbons (Fsp3) is 0.440. The van der Waals surface area contributed by atoms with Crippen LogP contribution in [0.4, 0.5) is 5.82 Å². The van der Waals surface area contributed by atoms with E-state index in [1.54, 1.807) is 7.11 Å². The number of nitrogens with zero attached hydrogens (tertiary/aromatic N) is 4. The third-order valence-corrected chi connectivity index (χ3v) is 6.75. The fourth-order valence-electron chi connectivity index (χ4n) is 4.51. The Hall–Kier alpha value is -3.11. The van der Waals surface area contributed by atoms with Gasteiger partial charge in [-0.25, -0.2) is 9.97 Å². The molecule has 0 radical (unpaired) electrons. The van der Waals surface area contributed by atoms with Gasteiger partial charge in [-0.1, -0.05) is 54.9 Å². The van der Waals surface area contributed by atoms with Crippen LogP contribution in [0, 0.1) is 0 Å². The van der Waals surface area contributed by atoms with Crippen molar-refractivity contribution in [3.63, 3.8) is 0 Å². The molecule has 186 valence electrons. The van der Waals surface area contributed by atoms with Crippen molar-refractivity contribution >= 4 is 40.4 Å². The van der Waals surface area contributed by atoms with Gasteiger partial charge in [-0.3, -0.25) is 9.59 Å². The molecule has 0 bridgehead atoms. The van der Waals surface area contributed by atoms with Crippen LogP contribution in [-0.4, -0.2) is 63.8 Å². The van der Waals surface area contributed by atoms with Crippen LogP contribution in [-0.2, 0) is 22.6 Å². The SMILES string of the molecule is COCCn1c(C(=O)N(CC(N)=O)Cc2ccccc2)cc2c(NC3CCCC3)nc(SC)nc21. The molecule has 0 spiro atoms. The van der Waals surface area contributed by atoms with Crippen molar-refractivity contribution in [3.05, 3.63) is 47.7 Å². The summed E-state index contributed by atoms with van der Waals surface area (Å²) in [6, 6.07) is 11.7. The highest BCUT2D eigenvalue weighted by Crippen LogP contribution is 2.31. The number of nitrogens with two attached hydrogens (primary N) is 1. The molecule has 10 heteroatoms. The summed E-state index contributed by atoms with van der Waals surface area (Å²) in [5.74, 6) is -0.123. The van der Waals surface area contributed by atoms with Gasteiger partial charge in [0.05, 0.1) is 12.0 Å². The molecule has 0 saturated heterocycles. The molecule has 9 nitrogen and oxygen atoms in total. The maximum absolute atomic E-state index is 13.8. The van der Waals surface area contributed by atoms with E-state index >= 15 is 0 Å². The Morgan fingerprint density at radius 2 is 1.97 bits per heavy atom. The van der Waals surface area contributed by atoms with Crippen LogP contribution in [0.5, 0.6) is 0 Å². The number of benzene rings is 1. The number of anilines is 1. The molecule has 2 aromatic heterocycles. The number of hydrogen-bond acceptors (Lipinski definition) is 7. The smallest absolute Gasteiger partial charge is 0.271 e. The summed E-state index contributed by atoms with van der Waals surface area (Å²) in [6.07, 6.45) is 6.52. The fourth-order valence-corrected chi connectivity index (χ4v) is 4.87. The first-order valence-electron chi connectivity index (χ1n) is 11.8. The van der Waals surface area contributed by atoms with E-state index in [0.717, 1.165) is 29.6 Å². The van der Waals surface area contributed by atoms with Crippen molar-refractivity contribution < 1.29 is 14.3 Å². The zero-order chi connectivity index (χ0) is 24.8. The number of carbonyl (C=O) groups excluding carboxylic acids is 2. The van der Waals surface area contributed by atoms with Gasteiger partial charge in [0.25, 0.3) is 5.91 Å². The average molecular weight is 497 g/mol. The van der Waals surface area contributed by atoms with Gasteiger partial charge < -0.3 is 25.3 Å². The summed E-state index contributed by atoms with van der Waals surface area (Å²) >= 11 is 1.46. The zero-order valence-electron chi connectivity index (χ0n) is 20.2. The quantitative estimate of drug-likeness (QED) is 0.309. The highest BCUT2D eigenvalue weighted by atomic mass is 32.2. The number of aromatic nitrogens is 3. The normalized spacial score (nSPS) is 13.9. The summed E-state index contributed by atoms with van der Waals surface area (Å²) < 4.78 is 7.19. The Labute approximate surface area is 209 Å². The molecule has 2 amide bonds. The van der Waals surface area contributed by atoms with Gasteiger partial charge in [-0.2, -0.15) is 0 Å². The minimum Gasteiger partial charge on any atom is -0.383 e. The maximum Gasteiger partial charge on any atom is 0.271 e. The first-order chi connectivity index (χ1) is 17.0. The molecule has 35 heavy (non-hydrogen) atoms. The number of methoxy groups -OCH3 is 1. The predicted octanol–water partition coefficient (Wildman–Crippen LogP) is 3.28. The van der Waals surface area contributed by atoms with Gasteiger partial charge in [0, 0.05) is 26.2 Å². The second kappa shape index (κ2) is 11.5. The Morgan fingerprint density at radius 3 is 2.63 bits per heavy atom. The van der Waals surface area contributed by atoms with Crippen molar-refractivity contribution in [1.29, 1.82) is 0 Å². The molecule has 1 saturated carbocycles. The van der Waals surface area contributed by atoms with Crippen LogP contribution in [0.25, 0.3) is 11.0 Å². The van der Waals surface area contributed by atoms with Gasteiger partial charge in [-0.05, 0) is 30.7 Å². The molecular weight excluding hydrogens is 464 g/mol. The van der Waals surface area contributed by atoms with Gasteiger partial charge in [0.1, 0.15) is 23.7 Å². The third kappa shape index (κ3) is 5.94. The Kier molecular flexibility index (Phi) is 8.25. The van der Waals surface area contributed by atoms with Gasteiger partial charge in [-0.15, -0.1) is 0 Å². The second-order valence-electron chi connectivity index (χ2n) is 8.71. The molecule has 0 atom stereocenters. The minimum atomic E-state index is -0.568. The monoisotopic (exact) mass is 496 g/mol. The minimum absolute atomic E-state index is 0.186. The van der Waals surface area contributed by atoms with Crippen molar-refractivity contribution in [3.8, 4) is 0 Å². The van der Waals surface area contributed by atoms with E-state index in [0.29, 0.717) is 35.7 Å². The van der Waals surface area contributed by atoms with Gasteiger partial charge in [0.2, 0.25) is 5.91 Å². The van der Waals surface area contributed by atoms with E-state index in [9.17, 15) is 9.59 Å². The molecule has 0 aliphatic heterocycles. The topological polar surface area (TPSA) is 115 Å². The number of rotatable bonds is 11. The lowest BCUT2D eigenvalue weighted by molar-refractivity contribution is -0.118. The number of fused-ring (bicyclic) bond motifs is 1. The van der Waals surface area contributed by atoms with Crippen LogP contribution in [0.2, 0.25) is 0 Å². The summed E-state index contributed by atoms with van der Waals surface area (Å²) in [5.41, 5.74) is 7.52. The van der Waals surface area contributed by atoms with E-state index < -0.39 is 5.91 Å². The van der Waals surface area contributed by atoms with Crippen LogP contribution >= 0.6 is 11.8 Å². The number of thioether (sulfide) groups is 1. The molecule has 1 fully saturated rings. The van der Waals surface area contributed by atoms with E-state index in [1.165, 1.54) is 29.5 Å². The predicted molar refractivity (Wildman–Crippen MR) is 137 cm³/mol. The Morgan fingerprint density at radius 1 is 1.23 bits per heavy atom. The van der Waals surface area contributed by atoms with E-state index in [2.05, 4.69) is 5.32 Å². The highest BCUT2D eigenvalue weighted by Gasteiger charge is 2.26. The second-order valence-corrected chi connectivity index (χ2v) is 9.48. The molecule has 4 rings (SSSR count). The van der Waals surface area contributed by atoms with E-state index in [-0.39, 0.29) is 19.0 Å². The lowest BCUT2D eigenvalue weighted by Gasteiger charge is -2.22. The van der Waals surface area contributed by atoms with Crippen LogP contribution < -0.4 is 11.1 Å². The third-order valence-electron chi connectivity index (χ3n) is 6.20. The highest BCUT2D eigenvalue weighted by molar-refractivity contribution is 7.98. The average Bonchev–Trinajstić information content (AvgIpc) is 3.50. The summed E-state index contributed by atoms with van der Waals surface area (Å²) in [4.78, 5) is 36.6. The standard InChI is InChI=1S/C25H32N6O3S/c1-34-13-12-31-20(24(33)30(16-21(26)32)15-17-8-4-3-5-9-17)14-19-22(27-18-10-6-7-11-18)28-25(35-2)29-23(19)31/h3-5,8-9,14,18H,6-7,10-13,15-16H2,1-2H3,(H2,26,32)(H,27,28,29). The van der Waals surface area contributed by atoms with Crippen LogP contribution in [0.15, 0.2) is 41.6 Å². The van der Waals surface area contributed by atoms with Crippen molar-refractivity contribution in [2.75, 3.05) is 31.8 Å². The van der Waals surface area contributed by atoms with E-state index in [1.807, 2.05) is 47.2 Å². The number of hydrogen-bond donors (Lipinski definition) is 2. The molecule has 1 aromatic carbocycles. The first-order valence-corrected chi connectivity index (χ1v) is 13.0. The number of amides is 2. The first kappa shape index (κ1) is 25.0. The van der Waals surface area contributed by atoms with Gasteiger partial charge in [0.15, 0.2) is 5.16 Å². The zero-order valence-corrected chi connectivity index (χ0v) is 21.0. The number of ether oxygens (including phenoxy) is 1. The van der Waals surface area contributed by atoms with Crippen molar-refractivity contribution in [2.24, 2.45) is 5.73 Å². The molecule has 1 aliphatic carbocycles. The largest absolute Gasteiger partial charge is 0.383 e. The summed E-state index contributed by atoms with van der Waals surface area (Å²) in [5, 5.41) is 5.00. The summed E-state index contributed by atoms with van der Waals surface area (Å²) in [7, 11) is 1.62. The molecule has 0 unspecified atom stereocenters. The van der Waals surface area contributed by atoms with Crippen molar-refractivity contribution in [2.45, 2.75) is 50.0 Å². The Balaban J connectivity index is 1.78. The lowest BCUT2D eigenvalue weighted by Crippen LogP contribution is -2.39. The maximum atomic E-state index is 13.8. The lowest BCUT2D eigenvalue weighted by atomic mass is 10.2. The van der Waals surface area contributed by atoms with E-state index in [4.69, 9.17) is 20.4 Å². The molecule has 2 heterocycles. The molecule has 3 aromatic rings. The number of carbonyl (C=O) groups is 2. The molecule has 3 N–H and O–H groups in total. The molecular formula is C25H32N6O3S. The Bertz CT molecular complexity index is 1180. The number of primary amides is 1. The molecule has 1 aliphatic rings. The van der Waals surface area contributed by atoms with Crippen LogP contribution in [0.1, 0.15) is 41.7 Å². The van der Waals surface area contributed by atoms with Crippen LogP contribution in [0.3, 0.4) is 0 Å².